The third-order valence-corrected chi connectivity index (χ3v) is 2.18. The van der Waals surface area contributed by atoms with E-state index in [0.717, 1.165) is 5.39 Å². The van der Waals surface area contributed by atoms with Crippen LogP contribution in [0, 0.1) is 0 Å². The molecule has 1 aromatic heterocycles. The molecule has 0 amide bonds. The SMILES string of the molecule is O=c1c2cc3ccccc3o[nH]nc12. The Morgan fingerprint density at radius 3 is 3.07 bits per heavy atom. The van der Waals surface area contributed by atoms with Gasteiger partial charge in [-0.2, -0.15) is 0 Å². The van der Waals surface area contributed by atoms with Crippen LogP contribution in [0.4, 0.5) is 0 Å². The van der Waals surface area contributed by atoms with Crippen molar-refractivity contribution in [2.75, 3.05) is 0 Å². The topological polar surface area (TPSA) is 58.9 Å². The first-order valence-electron chi connectivity index (χ1n) is 4.21. The van der Waals surface area contributed by atoms with Crippen LogP contribution in [0.25, 0.3) is 21.9 Å². The number of nitrogens with one attached hydrogen (secondary N) is 1. The summed E-state index contributed by atoms with van der Waals surface area (Å²) in [6.07, 6.45) is 0. The number of para-hydroxylation sites is 1. The predicted molar refractivity (Wildman–Crippen MR) is 52.1 cm³/mol. The van der Waals surface area contributed by atoms with E-state index >= 15 is 0 Å². The molecular weight excluding hydrogens is 180 g/mol. The van der Waals surface area contributed by atoms with Gasteiger partial charge in [-0.3, -0.25) is 4.79 Å². The zero-order valence-electron chi connectivity index (χ0n) is 7.15. The van der Waals surface area contributed by atoms with Crippen LogP contribution in [0.2, 0.25) is 0 Å². The molecule has 0 atom stereocenters. The summed E-state index contributed by atoms with van der Waals surface area (Å²) >= 11 is 0. The lowest BCUT2D eigenvalue weighted by atomic mass is 10.2. The highest BCUT2D eigenvalue weighted by atomic mass is 16.5. The second kappa shape index (κ2) is 2.45. The zero-order chi connectivity index (χ0) is 9.54. The molecule has 0 spiro atoms. The summed E-state index contributed by atoms with van der Waals surface area (Å²) in [5.74, 6) is 0. The number of hydrogen-bond acceptors (Lipinski definition) is 3. The lowest BCUT2D eigenvalue weighted by Crippen LogP contribution is -1.74. The molecule has 14 heavy (non-hydrogen) atoms. The van der Waals surface area contributed by atoms with Crippen molar-refractivity contribution in [3.63, 3.8) is 0 Å². The summed E-state index contributed by atoms with van der Waals surface area (Å²) in [5, 5.41) is 7.70. The van der Waals surface area contributed by atoms with Crippen LogP contribution in [0.3, 0.4) is 0 Å². The minimum absolute atomic E-state index is 0.0159. The molecular formula is C10H6N2O2. The Bertz CT molecular complexity index is 666. The van der Waals surface area contributed by atoms with E-state index < -0.39 is 0 Å². The van der Waals surface area contributed by atoms with E-state index in [1.54, 1.807) is 6.07 Å². The third-order valence-electron chi connectivity index (χ3n) is 2.18. The van der Waals surface area contributed by atoms with Gasteiger partial charge in [0, 0.05) is 5.39 Å². The molecule has 68 valence electrons. The van der Waals surface area contributed by atoms with Gasteiger partial charge in [0.25, 0.3) is 0 Å². The molecule has 0 saturated carbocycles. The van der Waals surface area contributed by atoms with Crippen molar-refractivity contribution in [2.24, 2.45) is 0 Å². The Morgan fingerprint density at radius 2 is 2.14 bits per heavy atom. The maximum atomic E-state index is 11.1. The first-order valence-corrected chi connectivity index (χ1v) is 4.21. The molecule has 1 heterocycles. The van der Waals surface area contributed by atoms with Gasteiger partial charge in [0.15, 0.2) is 5.58 Å². The lowest BCUT2D eigenvalue weighted by Gasteiger charge is -1.89. The molecule has 0 aliphatic rings. The number of H-pyrrole nitrogens is 1. The molecule has 2 aromatic carbocycles. The molecule has 0 aliphatic heterocycles. The van der Waals surface area contributed by atoms with Crippen molar-refractivity contribution >= 4 is 21.9 Å². The normalized spacial score (nSPS) is 11.1. The number of benzene rings is 1. The number of rotatable bonds is 0. The standard InChI is InChI=1S/C10H6N2O2/c13-10-7-5-6-3-1-2-4-8(6)14-12-11-9(7)10/h1-5,12H. The summed E-state index contributed by atoms with van der Waals surface area (Å²) in [5.41, 5.74) is 1.11. The summed E-state index contributed by atoms with van der Waals surface area (Å²) in [6, 6.07) is 9.24. The Kier molecular flexibility index (Phi) is 1.28. The van der Waals surface area contributed by atoms with E-state index in [1.165, 1.54) is 0 Å². The fraction of sp³-hybridized carbons (Fsp3) is 0. The largest absolute Gasteiger partial charge is 0.365 e. The van der Waals surface area contributed by atoms with Crippen LogP contribution in [0.15, 0.2) is 39.6 Å². The maximum Gasteiger partial charge on any atom is 0.216 e. The van der Waals surface area contributed by atoms with Gasteiger partial charge in [0.2, 0.25) is 5.43 Å². The first kappa shape index (κ1) is 7.32. The van der Waals surface area contributed by atoms with Gasteiger partial charge in [-0.15, -0.1) is 10.4 Å². The molecule has 1 N–H and O–H groups in total. The Labute approximate surface area is 78.1 Å². The molecule has 0 radical (unpaired) electrons. The number of nitrogens with zero attached hydrogens (tertiary/aromatic N) is 1. The van der Waals surface area contributed by atoms with Crippen molar-refractivity contribution in [1.29, 1.82) is 0 Å². The Balaban J connectivity index is 2.54. The highest BCUT2D eigenvalue weighted by molar-refractivity contribution is 5.96. The fourth-order valence-electron chi connectivity index (χ4n) is 1.38. The molecule has 0 bridgehead atoms. The third kappa shape index (κ3) is 0.939. The van der Waals surface area contributed by atoms with Gasteiger partial charge < -0.3 is 4.52 Å². The molecule has 0 unspecified atom stereocenters. The zero-order valence-corrected chi connectivity index (χ0v) is 7.15. The highest BCUT2D eigenvalue weighted by Crippen LogP contribution is 2.15. The molecule has 0 aliphatic carbocycles. The Hall–Kier alpha value is -2.10. The van der Waals surface area contributed by atoms with E-state index in [2.05, 4.69) is 10.4 Å². The van der Waals surface area contributed by atoms with Crippen LogP contribution < -0.4 is 5.43 Å². The molecule has 3 aromatic rings. The smallest absolute Gasteiger partial charge is 0.216 e. The fourth-order valence-corrected chi connectivity index (χ4v) is 1.38. The summed E-state index contributed by atoms with van der Waals surface area (Å²) < 4.78 is 5.14. The van der Waals surface area contributed by atoms with Gasteiger partial charge >= 0.3 is 0 Å². The van der Waals surface area contributed by atoms with Crippen molar-refractivity contribution in [3.05, 3.63) is 40.6 Å². The van der Waals surface area contributed by atoms with Crippen LogP contribution in [-0.2, 0) is 0 Å². The van der Waals surface area contributed by atoms with E-state index in [0.29, 0.717) is 16.5 Å². The van der Waals surface area contributed by atoms with E-state index in [1.807, 2.05) is 24.3 Å². The average molecular weight is 186 g/mol. The van der Waals surface area contributed by atoms with E-state index in [9.17, 15) is 4.79 Å². The first-order chi connectivity index (χ1) is 6.86. The minimum Gasteiger partial charge on any atom is -0.365 e. The molecule has 0 fully saturated rings. The van der Waals surface area contributed by atoms with Crippen molar-refractivity contribution in [3.8, 4) is 0 Å². The Morgan fingerprint density at radius 1 is 1.29 bits per heavy atom. The summed E-state index contributed by atoms with van der Waals surface area (Å²) in [6.45, 7) is 0. The highest BCUT2D eigenvalue weighted by Gasteiger charge is 2.12. The summed E-state index contributed by atoms with van der Waals surface area (Å²) in [4.78, 5) is 11.1. The van der Waals surface area contributed by atoms with Gasteiger partial charge in [-0.05, 0) is 12.1 Å². The van der Waals surface area contributed by atoms with Crippen LogP contribution in [0.1, 0.15) is 0 Å². The van der Waals surface area contributed by atoms with Crippen LogP contribution in [-0.4, -0.2) is 10.4 Å². The predicted octanol–water partition coefficient (Wildman–Crippen LogP) is 1.67. The molecule has 3 rings (SSSR count). The number of fused-ring (bicyclic) bond motifs is 2. The van der Waals surface area contributed by atoms with Crippen molar-refractivity contribution < 1.29 is 4.52 Å². The second-order valence-electron chi connectivity index (χ2n) is 3.08. The lowest BCUT2D eigenvalue weighted by molar-refractivity contribution is 0.407. The monoisotopic (exact) mass is 186 g/mol. The maximum absolute atomic E-state index is 11.1. The average Bonchev–Trinajstić information content (AvgIpc) is 2.76. The van der Waals surface area contributed by atoms with E-state index in [-0.39, 0.29) is 5.43 Å². The number of aromatic nitrogens is 2. The quantitative estimate of drug-likeness (QED) is 0.581. The van der Waals surface area contributed by atoms with Gasteiger partial charge in [-0.1, -0.05) is 18.2 Å². The van der Waals surface area contributed by atoms with Gasteiger partial charge in [0.1, 0.15) is 5.52 Å². The number of aromatic amines is 1. The van der Waals surface area contributed by atoms with Crippen molar-refractivity contribution in [1.82, 2.24) is 10.4 Å². The minimum atomic E-state index is -0.0159. The molecule has 0 saturated heterocycles. The van der Waals surface area contributed by atoms with Gasteiger partial charge in [-0.25, -0.2) is 0 Å². The van der Waals surface area contributed by atoms with Crippen LogP contribution >= 0.6 is 0 Å². The van der Waals surface area contributed by atoms with E-state index in [4.69, 9.17) is 4.52 Å². The molecule has 4 nitrogen and oxygen atoms in total. The van der Waals surface area contributed by atoms with Crippen LogP contribution in [0.5, 0.6) is 0 Å². The van der Waals surface area contributed by atoms with Gasteiger partial charge in [0.05, 0.1) is 5.39 Å². The molecule has 4 heteroatoms. The summed E-state index contributed by atoms with van der Waals surface area (Å²) in [7, 11) is 0. The number of hydrogen-bond donors (Lipinski definition) is 1. The van der Waals surface area contributed by atoms with Crippen molar-refractivity contribution in [2.45, 2.75) is 0 Å². The second-order valence-corrected chi connectivity index (χ2v) is 3.08.